The van der Waals surface area contributed by atoms with Crippen molar-refractivity contribution in [2.45, 2.75) is 39.2 Å². The van der Waals surface area contributed by atoms with Crippen LogP contribution in [0.4, 0.5) is 5.69 Å². The third-order valence-corrected chi connectivity index (χ3v) is 3.84. The molecule has 0 bridgehead atoms. The maximum absolute atomic E-state index is 12.2. The van der Waals surface area contributed by atoms with Gasteiger partial charge in [-0.25, -0.2) is 0 Å². The molecule has 1 saturated carbocycles. The maximum atomic E-state index is 12.2. The lowest BCUT2D eigenvalue weighted by Crippen LogP contribution is -2.41. The van der Waals surface area contributed by atoms with Crippen LogP contribution in [0.5, 0.6) is 0 Å². The van der Waals surface area contributed by atoms with Crippen molar-refractivity contribution in [2.75, 3.05) is 5.32 Å². The number of aliphatic hydroxyl groups is 1. The van der Waals surface area contributed by atoms with Crippen LogP contribution in [0.1, 0.15) is 38.2 Å². The summed E-state index contributed by atoms with van der Waals surface area (Å²) in [6.07, 6.45) is 4.04. The van der Waals surface area contributed by atoms with Crippen LogP contribution in [-0.4, -0.2) is 11.0 Å². The fourth-order valence-electron chi connectivity index (χ4n) is 2.36. The van der Waals surface area contributed by atoms with Crippen molar-refractivity contribution < 1.29 is 9.90 Å². The average molecular weight is 233 g/mol. The van der Waals surface area contributed by atoms with E-state index >= 15 is 0 Å². The van der Waals surface area contributed by atoms with E-state index in [1.165, 1.54) is 0 Å². The summed E-state index contributed by atoms with van der Waals surface area (Å²) in [5.74, 6) is 0.126. The van der Waals surface area contributed by atoms with Gasteiger partial charge in [-0.15, -0.1) is 0 Å². The largest absolute Gasteiger partial charge is 0.392 e. The van der Waals surface area contributed by atoms with Crippen LogP contribution in [0, 0.1) is 5.41 Å². The first-order valence-corrected chi connectivity index (χ1v) is 6.21. The Morgan fingerprint density at radius 2 is 2.24 bits per heavy atom. The number of carbonyl (C=O) groups is 1. The highest BCUT2D eigenvalue weighted by Gasteiger charge is 2.42. The first-order chi connectivity index (χ1) is 8.20. The van der Waals surface area contributed by atoms with Gasteiger partial charge < -0.3 is 10.4 Å². The number of aliphatic hydroxyl groups excluding tert-OH is 1. The SMILES string of the molecule is CCC1(C(=O)Nc2cccc(CO)c2)CCC1. The molecule has 0 spiro atoms. The van der Waals surface area contributed by atoms with E-state index in [1.54, 1.807) is 0 Å². The third kappa shape index (κ3) is 2.34. The zero-order valence-electron chi connectivity index (χ0n) is 10.2. The summed E-state index contributed by atoms with van der Waals surface area (Å²) in [7, 11) is 0. The second-order valence-corrected chi connectivity index (χ2v) is 4.80. The lowest BCUT2D eigenvalue weighted by molar-refractivity contribution is -0.130. The van der Waals surface area contributed by atoms with Crippen LogP contribution in [0.2, 0.25) is 0 Å². The molecule has 0 aromatic heterocycles. The highest BCUT2D eigenvalue weighted by atomic mass is 16.3. The highest BCUT2D eigenvalue weighted by Crippen LogP contribution is 2.44. The van der Waals surface area contributed by atoms with Crippen LogP contribution in [0.15, 0.2) is 24.3 Å². The van der Waals surface area contributed by atoms with Gasteiger partial charge >= 0.3 is 0 Å². The van der Waals surface area contributed by atoms with Gasteiger partial charge in [-0.2, -0.15) is 0 Å². The number of rotatable bonds is 4. The standard InChI is InChI=1S/C14H19NO2/c1-2-14(7-4-8-14)13(17)15-12-6-3-5-11(9-12)10-16/h3,5-6,9,16H,2,4,7-8,10H2,1H3,(H,15,17). The van der Waals surface area contributed by atoms with E-state index in [-0.39, 0.29) is 17.9 Å². The third-order valence-electron chi connectivity index (χ3n) is 3.84. The van der Waals surface area contributed by atoms with E-state index < -0.39 is 0 Å². The van der Waals surface area contributed by atoms with E-state index in [9.17, 15) is 4.79 Å². The molecule has 0 atom stereocenters. The highest BCUT2D eigenvalue weighted by molar-refractivity contribution is 5.95. The Bertz CT molecular complexity index is 405. The van der Waals surface area contributed by atoms with E-state index in [2.05, 4.69) is 12.2 Å². The monoisotopic (exact) mass is 233 g/mol. The molecule has 0 radical (unpaired) electrons. The molecule has 0 unspecified atom stereocenters. The van der Waals surface area contributed by atoms with Gasteiger partial charge in [0.05, 0.1) is 6.61 Å². The predicted octanol–water partition coefficient (Wildman–Crippen LogP) is 2.70. The van der Waals surface area contributed by atoms with Gasteiger partial charge in [-0.05, 0) is 37.0 Å². The minimum atomic E-state index is -0.144. The molecule has 1 amide bonds. The minimum Gasteiger partial charge on any atom is -0.392 e. The van der Waals surface area contributed by atoms with Gasteiger partial charge in [0, 0.05) is 11.1 Å². The molecule has 92 valence electrons. The smallest absolute Gasteiger partial charge is 0.230 e. The van der Waals surface area contributed by atoms with Crippen molar-refractivity contribution in [3.05, 3.63) is 29.8 Å². The van der Waals surface area contributed by atoms with E-state index in [4.69, 9.17) is 5.11 Å². The molecule has 0 heterocycles. The normalized spacial score (nSPS) is 17.3. The number of hydrogen-bond acceptors (Lipinski definition) is 2. The molecule has 17 heavy (non-hydrogen) atoms. The fourth-order valence-corrected chi connectivity index (χ4v) is 2.36. The van der Waals surface area contributed by atoms with Crippen molar-refractivity contribution in [1.29, 1.82) is 0 Å². The first-order valence-electron chi connectivity index (χ1n) is 6.21. The maximum Gasteiger partial charge on any atom is 0.230 e. The lowest BCUT2D eigenvalue weighted by Gasteiger charge is -2.39. The topological polar surface area (TPSA) is 49.3 Å². The van der Waals surface area contributed by atoms with Crippen molar-refractivity contribution in [3.63, 3.8) is 0 Å². The Morgan fingerprint density at radius 3 is 2.76 bits per heavy atom. The summed E-state index contributed by atoms with van der Waals surface area (Å²) in [6.45, 7) is 2.07. The molecule has 1 aromatic carbocycles. The summed E-state index contributed by atoms with van der Waals surface area (Å²) in [5.41, 5.74) is 1.46. The number of amides is 1. The van der Waals surface area contributed by atoms with Gasteiger partial charge in [-0.3, -0.25) is 4.79 Å². The van der Waals surface area contributed by atoms with Gasteiger partial charge in [-0.1, -0.05) is 25.5 Å². The molecule has 1 fully saturated rings. The Kier molecular flexibility index (Phi) is 3.48. The summed E-state index contributed by atoms with van der Waals surface area (Å²) in [4.78, 5) is 12.2. The number of nitrogens with one attached hydrogen (secondary N) is 1. The van der Waals surface area contributed by atoms with E-state index in [1.807, 2.05) is 24.3 Å². The van der Waals surface area contributed by atoms with Crippen LogP contribution in [0.25, 0.3) is 0 Å². The molecule has 2 N–H and O–H groups in total. The number of hydrogen-bond donors (Lipinski definition) is 2. The molecule has 1 aromatic rings. The Labute approximate surface area is 102 Å². The zero-order chi connectivity index (χ0) is 12.3. The minimum absolute atomic E-state index is 0.00261. The Hall–Kier alpha value is -1.35. The summed E-state index contributed by atoms with van der Waals surface area (Å²) in [5, 5.41) is 12.0. The van der Waals surface area contributed by atoms with Crippen molar-refractivity contribution in [3.8, 4) is 0 Å². The summed E-state index contributed by atoms with van der Waals surface area (Å²) in [6, 6.07) is 7.37. The van der Waals surface area contributed by atoms with Crippen LogP contribution in [-0.2, 0) is 11.4 Å². The first kappa shape index (κ1) is 12.1. The van der Waals surface area contributed by atoms with Crippen LogP contribution in [0.3, 0.4) is 0 Å². The molecular weight excluding hydrogens is 214 g/mol. The zero-order valence-corrected chi connectivity index (χ0v) is 10.2. The van der Waals surface area contributed by atoms with Gasteiger partial charge in [0.25, 0.3) is 0 Å². The second kappa shape index (κ2) is 4.88. The lowest BCUT2D eigenvalue weighted by atomic mass is 9.66. The summed E-state index contributed by atoms with van der Waals surface area (Å²) >= 11 is 0. The van der Waals surface area contributed by atoms with Crippen LogP contribution >= 0.6 is 0 Å². The molecule has 0 aliphatic heterocycles. The van der Waals surface area contributed by atoms with Crippen LogP contribution < -0.4 is 5.32 Å². The Balaban J connectivity index is 2.07. The van der Waals surface area contributed by atoms with Crippen molar-refractivity contribution in [2.24, 2.45) is 5.41 Å². The molecule has 1 aliphatic carbocycles. The average Bonchev–Trinajstić information content (AvgIpc) is 2.28. The number of benzene rings is 1. The van der Waals surface area contributed by atoms with Crippen molar-refractivity contribution in [1.82, 2.24) is 0 Å². The summed E-state index contributed by atoms with van der Waals surface area (Å²) < 4.78 is 0. The second-order valence-electron chi connectivity index (χ2n) is 4.80. The van der Waals surface area contributed by atoms with Gasteiger partial charge in [0.1, 0.15) is 0 Å². The quantitative estimate of drug-likeness (QED) is 0.840. The molecule has 2 rings (SSSR count). The molecule has 3 nitrogen and oxygen atoms in total. The predicted molar refractivity (Wildman–Crippen MR) is 67.6 cm³/mol. The number of anilines is 1. The fraction of sp³-hybridized carbons (Fsp3) is 0.500. The van der Waals surface area contributed by atoms with Gasteiger partial charge in [0.15, 0.2) is 0 Å². The Morgan fingerprint density at radius 1 is 1.47 bits per heavy atom. The van der Waals surface area contributed by atoms with E-state index in [0.29, 0.717) is 0 Å². The van der Waals surface area contributed by atoms with Gasteiger partial charge in [0.2, 0.25) is 5.91 Å². The number of carbonyl (C=O) groups excluding carboxylic acids is 1. The van der Waals surface area contributed by atoms with Crippen molar-refractivity contribution >= 4 is 11.6 Å². The molecule has 0 saturated heterocycles. The van der Waals surface area contributed by atoms with E-state index in [0.717, 1.165) is 36.9 Å². The molecule has 3 heteroatoms. The molecule has 1 aliphatic rings. The molecular formula is C14H19NO2.